The second-order valence-electron chi connectivity index (χ2n) is 11.3. The van der Waals surface area contributed by atoms with Gasteiger partial charge in [0.2, 0.25) is 17.7 Å². The first kappa shape index (κ1) is 27.3. The van der Waals surface area contributed by atoms with Crippen molar-refractivity contribution in [2.75, 3.05) is 13.2 Å². The van der Waals surface area contributed by atoms with E-state index in [4.69, 9.17) is 4.74 Å². The second-order valence-corrected chi connectivity index (χ2v) is 11.3. The molecule has 0 saturated carbocycles. The number of aromatic nitrogens is 3. The van der Waals surface area contributed by atoms with Gasteiger partial charge in [0, 0.05) is 6.54 Å². The molecule has 3 amide bonds. The number of fused-ring (bicyclic) bond motifs is 2. The summed E-state index contributed by atoms with van der Waals surface area (Å²) in [5.41, 5.74) is 0.138. The molecule has 2 unspecified atom stereocenters. The monoisotopic (exact) mass is 560 g/mol. The van der Waals surface area contributed by atoms with Crippen LogP contribution in [0.15, 0.2) is 54.6 Å². The zero-order valence-corrected chi connectivity index (χ0v) is 23.3. The average molecular weight is 561 g/mol. The van der Waals surface area contributed by atoms with Gasteiger partial charge in [0.15, 0.2) is 0 Å². The molecule has 11 nitrogen and oxygen atoms in total. The van der Waals surface area contributed by atoms with E-state index in [-0.39, 0.29) is 25.1 Å². The number of nitrogens with one attached hydrogen (secondary N) is 2. The average Bonchev–Trinajstić information content (AvgIpc) is 3.73. The lowest BCUT2D eigenvalue weighted by molar-refractivity contribution is -0.151. The molecule has 6 rings (SSSR count). The van der Waals surface area contributed by atoms with Crippen molar-refractivity contribution in [2.45, 2.75) is 69.5 Å². The molecule has 0 radical (unpaired) electrons. The highest BCUT2D eigenvalue weighted by Crippen LogP contribution is 2.65. The molecule has 3 aliphatic heterocycles. The van der Waals surface area contributed by atoms with Gasteiger partial charge >= 0.3 is 0 Å². The summed E-state index contributed by atoms with van der Waals surface area (Å²) in [4.78, 5) is 43.8. The highest BCUT2D eigenvalue weighted by atomic mass is 16.5. The zero-order chi connectivity index (χ0) is 28.8. The van der Waals surface area contributed by atoms with Gasteiger partial charge in [-0.2, -0.15) is 0 Å². The third kappa shape index (κ3) is 4.13. The van der Waals surface area contributed by atoms with Crippen molar-refractivity contribution in [3.8, 4) is 0 Å². The van der Waals surface area contributed by atoms with Crippen LogP contribution in [0.4, 0.5) is 0 Å². The van der Waals surface area contributed by atoms with E-state index < -0.39 is 41.0 Å². The number of likely N-dealkylation sites (tertiary alicyclic amines) is 1. The minimum Gasteiger partial charge on any atom is -0.394 e. The van der Waals surface area contributed by atoms with Crippen LogP contribution in [0.5, 0.6) is 0 Å². The van der Waals surface area contributed by atoms with Crippen LogP contribution >= 0.6 is 0 Å². The maximum atomic E-state index is 14.5. The fourth-order valence-electron chi connectivity index (χ4n) is 7.36. The Morgan fingerprint density at radius 2 is 1.83 bits per heavy atom. The van der Waals surface area contributed by atoms with E-state index in [0.29, 0.717) is 36.9 Å². The summed E-state index contributed by atoms with van der Waals surface area (Å²) in [6, 6.07) is 14.8. The Hall–Kier alpha value is -3.83. The first-order chi connectivity index (χ1) is 19.9. The van der Waals surface area contributed by atoms with E-state index in [0.717, 1.165) is 11.9 Å². The van der Waals surface area contributed by atoms with Gasteiger partial charge in [0.25, 0.3) is 0 Å². The van der Waals surface area contributed by atoms with Crippen molar-refractivity contribution in [1.82, 2.24) is 30.5 Å². The summed E-state index contributed by atoms with van der Waals surface area (Å²) in [7, 11) is 0. The molecule has 1 aromatic heterocycles. The van der Waals surface area contributed by atoms with Gasteiger partial charge in [0.05, 0.1) is 35.6 Å². The topological polar surface area (TPSA) is 139 Å². The first-order valence-electron chi connectivity index (χ1n) is 14.4. The number of benzene rings is 2. The highest BCUT2D eigenvalue weighted by molar-refractivity contribution is 5.99. The number of aliphatic hydroxyl groups is 1. The predicted molar refractivity (Wildman–Crippen MR) is 149 cm³/mol. The molecule has 2 aromatic carbocycles. The molecule has 2 bridgehead atoms. The van der Waals surface area contributed by atoms with Crippen molar-refractivity contribution < 1.29 is 24.2 Å². The molecule has 0 aliphatic carbocycles. The number of rotatable bonds is 10. The molecule has 11 heteroatoms. The lowest BCUT2D eigenvalue weighted by atomic mass is 9.65. The summed E-state index contributed by atoms with van der Waals surface area (Å²) < 4.78 is 8.40. The Morgan fingerprint density at radius 1 is 1.07 bits per heavy atom. The van der Waals surface area contributed by atoms with Gasteiger partial charge in [-0.25, -0.2) is 4.68 Å². The van der Waals surface area contributed by atoms with Gasteiger partial charge in [-0.05, 0) is 43.4 Å². The maximum absolute atomic E-state index is 14.5. The van der Waals surface area contributed by atoms with Crippen molar-refractivity contribution in [1.29, 1.82) is 0 Å². The Kier molecular flexibility index (Phi) is 7.03. The van der Waals surface area contributed by atoms with Crippen LogP contribution in [0.1, 0.15) is 51.1 Å². The van der Waals surface area contributed by atoms with Crippen LogP contribution in [0.3, 0.4) is 0 Å². The molecule has 3 aliphatic rings. The molecule has 6 atom stereocenters. The first-order valence-corrected chi connectivity index (χ1v) is 14.4. The van der Waals surface area contributed by atoms with E-state index in [9.17, 15) is 19.5 Å². The van der Waals surface area contributed by atoms with Gasteiger partial charge in [-0.15, -0.1) is 5.10 Å². The third-order valence-electron chi connectivity index (χ3n) is 9.22. The van der Waals surface area contributed by atoms with Crippen molar-refractivity contribution in [3.05, 3.63) is 60.2 Å². The number of nitrogens with zero attached hydrogens (tertiary/aromatic N) is 4. The summed E-state index contributed by atoms with van der Waals surface area (Å²) in [5.74, 6) is -2.55. The lowest BCUT2D eigenvalue weighted by Gasteiger charge is -2.37. The molecule has 1 spiro atoms. The maximum Gasteiger partial charge on any atom is 0.247 e. The molecule has 3 N–H and O–H groups in total. The SMILES string of the molecule is CCCNC(=O)[C@@H]1[C@H]2C(=O)N([C@H](CO)c3ccccc3)C(C(=O)NCn3nnc4ccccc43)C23CC[C@@]1(CC)O3. The van der Waals surface area contributed by atoms with E-state index in [1.54, 1.807) is 4.68 Å². The summed E-state index contributed by atoms with van der Waals surface area (Å²) in [6.45, 7) is 4.08. The van der Waals surface area contributed by atoms with Crippen molar-refractivity contribution >= 4 is 28.8 Å². The van der Waals surface area contributed by atoms with E-state index >= 15 is 0 Å². The molecular formula is C30H36N6O5. The number of amides is 3. The number of hydrogen-bond acceptors (Lipinski definition) is 7. The Labute approximate surface area is 238 Å². The Morgan fingerprint density at radius 3 is 2.56 bits per heavy atom. The predicted octanol–water partition coefficient (Wildman–Crippen LogP) is 1.92. The number of aliphatic hydroxyl groups excluding tert-OH is 1. The number of carbonyl (C=O) groups is 3. The lowest BCUT2D eigenvalue weighted by Crippen LogP contribution is -2.56. The van der Waals surface area contributed by atoms with Crippen molar-refractivity contribution in [3.63, 3.8) is 0 Å². The minimum absolute atomic E-state index is 0.0348. The molecule has 3 fully saturated rings. The zero-order valence-electron chi connectivity index (χ0n) is 23.3. The Bertz CT molecular complexity index is 1460. The number of hydrogen-bond donors (Lipinski definition) is 3. The molecule has 3 saturated heterocycles. The standard InChI is InChI=1S/C30H36N6O5/c1-3-16-31-26(38)23-24-28(40)36(22(17-37)19-10-6-5-7-11-19)25(30(24)15-14-29(23,4-2)41-30)27(39)32-18-35-21-13-9-8-12-20(21)33-34-35/h5-13,22-25,37H,3-4,14-18H2,1-2H3,(H,31,38)(H,32,39)/t22-,23+,24+,25?,29-,30?/m1/s1. The smallest absolute Gasteiger partial charge is 0.247 e. The summed E-state index contributed by atoms with van der Waals surface area (Å²) in [5, 5.41) is 24.9. The molecule has 41 heavy (non-hydrogen) atoms. The van der Waals surface area contributed by atoms with Gasteiger partial charge in [-0.3, -0.25) is 14.4 Å². The molecule has 4 heterocycles. The van der Waals surface area contributed by atoms with Crippen LogP contribution in [0, 0.1) is 11.8 Å². The van der Waals surface area contributed by atoms with E-state index in [1.807, 2.05) is 68.4 Å². The van der Waals surface area contributed by atoms with Crippen LogP contribution in [-0.4, -0.2) is 73.1 Å². The van der Waals surface area contributed by atoms with Gasteiger partial charge in [0.1, 0.15) is 23.8 Å². The third-order valence-corrected chi connectivity index (χ3v) is 9.22. The quantitative estimate of drug-likeness (QED) is 0.344. The molecular weight excluding hydrogens is 524 g/mol. The summed E-state index contributed by atoms with van der Waals surface area (Å²) in [6.07, 6.45) is 2.33. The number of ether oxygens (including phenoxy) is 1. The largest absolute Gasteiger partial charge is 0.394 e. The normalized spacial score (nSPS) is 29.1. The molecule has 3 aromatic rings. The van der Waals surface area contributed by atoms with Crippen LogP contribution in [0.2, 0.25) is 0 Å². The fourth-order valence-corrected chi connectivity index (χ4v) is 7.36. The van der Waals surface area contributed by atoms with Crippen LogP contribution < -0.4 is 10.6 Å². The van der Waals surface area contributed by atoms with Gasteiger partial charge < -0.3 is 25.4 Å². The highest BCUT2D eigenvalue weighted by Gasteiger charge is 2.79. The number of carbonyl (C=O) groups excluding carboxylic acids is 3. The van der Waals surface area contributed by atoms with Crippen LogP contribution in [-0.2, 0) is 25.8 Å². The van der Waals surface area contributed by atoms with Crippen molar-refractivity contribution in [2.24, 2.45) is 11.8 Å². The van der Waals surface area contributed by atoms with E-state index in [1.165, 1.54) is 4.90 Å². The minimum atomic E-state index is -1.20. The summed E-state index contributed by atoms with van der Waals surface area (Å²) >= 11 is 0. The van der Waals surface area contributed by atoms with E-state index in [2.05, 4.69) is 20.9 Å². The number of para-hydroxylation sites is 1. The molecule has 216 valence electrons. The fraction of sp³-hybridized carbons (Fsp3) is 0.500. The van der Waals surface area contributed by atoms with Gasteiger partial charge in [-0.1, -0.05) is 61.5 Å². The van der Waals surface area contributed by atoms with Crippen LogP contribution in [0.25, 0.3) is 11.0 Å². The Balaban J connectivity index is 1.40. The second kappa shape index (κ2) is 10.5.